The molecule has 1 fully saturated rings. The summed E-state index contributed by atoms with van der Waals surface area (Å²) in [6.45, 7) is 4.41. The van der Waals surface area contributed by atoms with Crippen molar-refractivity contribution >= 4 is 0 Å². The lowest BCUT2D eigenvalue weighted by atomic mass is 9.94. The van der Waals surface area contributed by atoms with Crippen LogP contribution in [0, 0.1) is 5.92 Å². The van der Waals surface area contributed by atoms with Gasteiger partial charge < -0.3 is 5.32 Å². The summed E-state index contributed by atoms with van der Waals surface area (Å²) in [5.41, 5.74) is 3.34. The first-order valence-electron chi connectivity index (χ1n) is 6.01. The average Bonchev–Trinajstić information content (AvgIpc) is 2.98. The molecular weight excluding hydrogens is 212 g/mol. The van der Waals surface area contributed by atoms with Crippen LogP contribution >= 0.6 is 0 Å². The molecule has 0 spiro atoms. The molecular formula is C13H16N4. The van der Waals surface area contributed by atoms with E-state index in [-0.39, 0.29) is 0 Å². The number of H-pyrrole nitrogens is 1. The van der Waals surface area contributed by atoms with Gasteiger partial charge in [0.25, 0.3) is 0 Å². The predicted octanol–water partition coefficient (Wildman–Crippen LogP) is 1.79. The van der Waals surface area contributed by atoms with Gasteiger partial charge in [0.15, 0.2) is 0 Å². The number of nitrogens with one attached hydrogen (secondary N) is 2. The van der Waals surface area contributed by atoms with Gasteiger partial charge in [-0.15, -0.1) is 0 Å². The van der Waals surface area contributed by atoms with E-state index < -0.39 is 0 Å². The van der Waals surface area contributed by atoms with Gasteiger partial charge in [0.1, 0.15) is 0 Å². The van der Waals surface area contributed by atoms with E-state index in [4.69, 9.17) is 0 Å². The molecule has 0 aliphatic carbocycles. The molecule has 2 atom stereocenters. The monoisotopic (exact) mass is 228 g/mol. The Bertz CT molecular complexity index is 491. The van der Waals surface area contributed by atoms with Gasteiger partial charge in [-0.2, -0.15) is 5.10 Å². The second-order valence-electron chi connectivity index (χ2n) is 4.69. The number of aromatic nitrogens is 3. The van der Waals surface area contributed by atoms with Crippen LogP contribution in [0.2, 0.25) is 0 Å². The molecule has 1 aliphatic heterocycles. The standard InChI is InChI=1S/C13H16N4/c1-9-7-15-8-11(9)13-6-12(16-17-13)10-2-4-14-5-3-10/h2-6,9,11,15H,7-8H2,1H3,(H,16,17)/t9-,11-/m1/s1. The fourth-order valence-corrected chi connectivity index (χ4v) is 2.42. The van der Waals surface area contributed by atoms with Crippen LogP contribution in [0.5, 0.6) is 0 Å². The van der Waals surface area contributed by atoms with Crippen LogP contribution in [-0.4, -0.2) is 28.3 Å². The fraction of sp³-hybridized carbons (Fsp3) is 0.385. The Morgan fingerprint density at radius 2 is 2.06 bits per heavy atom. The molecule has 3 rings (SSSR count). The molecule has 0 bridgehead atoms. The fourth-order valence-electron chi connectivity index (χ4n) is 2.42. The van der Waals surface area contributed by atoms with Crippen LogP contribution in [-0.2, 0) is 0 Å². The van der Waals surface area contributed by atoms with E-state index in [0.717, 1.165) is 24.3 Å². The molecule has 3 heterocycles. The minimum Gasteiger partial charge on any atom is -0.316 e. The second-order valence-corrected chi connectivity index (χ2v) is 4.69. The average molecular weight is 228 g/mol. The van der Waals surface area contributed by atoms with E-state index in [9.17, 15) is 0 Å². The summed E-state index contributed by atoms with van der Waals surface area (Å²) in [6, 6.07) is 6.12. The van der Waals surface area contributed by atoms with Crippen LogP contribution in [0.3, 0.4) is 0 Å². The lowest BCUT2D eigenvalue weighted by Crippen LogP contribution is -2.08. The van der Waals surface area contributed by atoms with Crippen molar-refractivity contribution in [1.82, 2.24) is 20.5 Å². The van der Waals surface area contributed by atoms with Gasteiger partial charge >= 0.3 is 0 Å². The second kappa shape index (κ2) is 4.30. The Kier molecular flexibility index (Phi) is 2.65. The molecule has 4 nitrogen and oxygen atoms in total. The molecule has 2 N–H and O–H groups in total. The number of hydrogen-bond donors (Lipinski definition) is 2. The Morgan fingerprint density at radius 3 is 2.76 bits per heavy atom. The molecule has 0 unspecified atom stereocenters. The third-order valence-corrected chi connectivity index (χ3v) is 3.49. The van der Waals surface area contributed by atoms with E-state index in [0.29, 0.717) is 11.8 Å². The highest BCUT2D eigenvalue weighted by molar-refractivity contribution is 5.58. The molecule has 1 aliphatic rings. The van der Waals surface area contributed by atoms with E-state index in [1.54, 1.807) is 12.4 Å². The Morgan fingerprint density at radius 1 is 1.24 bits per heavy atom. The van der Waals surface area contributed by atoms with Crippen molar-refractivity contribution in [3.8, 4) is 11.3 Å². The maximum atomic E-state index is 4.38. The number of rotatable bonds is 2. The van der Waals surface area contributed by atoms with Crippen LogP contribution in [0.4, 0.5) is 0 Å². The minimum absolute atomic E-state index is 0.554. The maximum Gasteiger partial charge on any atom is 0.0924 e. The molecule has 0 radical (unpaired) electrons. The lowest BCUT2D eigenvalue weighted by Gasteiger charge is -2.10. The zero-order valence-electron chi connectivity index (χ0n) is 9.85. The van der Waals surface area contributed by atoms with Gasteiger partial charge in [0.05, 0.1) is 5.69 Å². The summed E-state index contributed by atoms with van der Waals surface area (Å²) in [5.74, 6) is 1.22. The summed E-state index contributed by atoms with van der Waals surface area (Å²) in [7, 11) is 0. The van der Waals surface area contributed by atoms with Crippen molar-refractivity contribution in [2.75, 3.05) is 13.1 Å². The smallest absolute Gasteiger partial charge is 0.0924 e. The highest BCUT2D eigenvalue weighted by Gasteiger charge is 2.26. The number of nitrogens with zero attached hydrogens (tertiary/aromatic N) is 2. The quantitative estimate of drug-likeness (QED) is 0.824. The van der Waals surface area contributed by atoms with Crippen LogP contribution in [0.15, 0.2) is 30.6 Å². The molecule has 4 heteroatoms. The van der Waals surface area contributed by atoms with E-state index in [1.165, 1.54) is 5.69 Å². The largest absolute Gasteiger partial charge is 0.316 e. The lowest BCUT2D eigenvalue weighted by molar-refractivity contribution is 0.559. The molecule has 88 valence electrons. The summed E-state index contributed by atoms with van der Waals surface area (Å²) in [5, 5.41) is 11.0. The molecule has 2 aromatic heterocycles. The zero-order valence-corrected chi connectivity index (χ0v) is 9.85. The summed E-state index contributed by atoms with van der Waals surface area (Å²) >= 11 is 0. The van der Waals surface area contributed by atoms with Gasteiger partial charge in [-0.25, -0.2) is 0 Å². The van der Waals surface area contributed by atoms with E-state index in [1.807, 2.05) is 12.1 Å². The zero-order chi connectivity index (χ0) is 11.7. The van der Waals surface area contributed by atoms with Gasteiger partial charge in [0, 0.05) is 36.1 Å². The predicted molar refractivity (Wildman–Crippen MR) is 66.6 cm³/mol. The molecule has 1 saturated heterocycles. The van der Waals surface area contributed by atoms with Crippen molar-refractivity contribution < 1.29 is 0 Å². The van der Waals surface area contributed by atoms with Gasteiger partial charge in [0.2, 0.25) is 0 Å². The first kappa shape index (κ1) is 10.5. The molecule has 0 amide bonds. The Balaban J connectivity index is 1.88. The third-order valence-electron chi connectivity index (χ3n) is 3.49. The van der Waals surface area contributed by atoms with Crippen LogP contribution in [0.25, 0.3) is 11.3 Å². The van der Waals surface area contributed by atoms with Gasteiger partial charge in [-0.3, -0.25) is 10.1 Å². The van der Waals surface area contributed by atoms with Crippen molar-refractivity contribution in [1.29, 1.82) is 0 Å². The molecule has 2 aromatic rings. The van der Waals surface area contributed by atoms with E-state index in [2.05, 4.69) is 33.5 Å². The molecule has 0 aromatic carbocycles. The first-order chi connectivity index (χ1) is 8.34. The normalized spacial score (nSPS) is 24.1. The summed E-state index contributed by atoms with van der Waals surface area (Å²) in [6.07, 6.45) is 3.59. The number of aromatic amines is 1. The minimum atomic E-state index is 0.554. The van der Waals surface area contributed by atoms with Crippen molar-refractivity contribution in [3.63, 3.8) is 0 Å². The highest BCUT2D eigenvalue weighted by atomic mass is 15.1. The Hall–Kier alpha value is -1.68. The van der Waals surface area contributed by atoms with Gasteiger partial charge in [-0.1, -0.05) is 6.92 Å². The van der Waals surface area contributed by atoms with Crippen molar-refractivity contribution in [2.24, 2.45) is 5.92 Å². The number of pyridine rings is 1. The van der Waals surface area contributed by atoms with Crippen molar-refractivity contribution in [2.45, 2.75) is 12.8 Å². The van der Waals surface area contributed by atoms with Gasteiger partial charge in [-0.05, 0) is 30.7 Å². The first-order valence-corrected chi connectivity index (χ1v) is 6.01. The third kappa shape index (κ3) is 1.96. The maximum absolute atomic E-state index is 4.38. The number of hydrogen-bond acceptors (Lipinski definition) is 3. The summed E-state index contributed by atoms with van der Waals surface area (Å²) in [4.78, 5) is 4.02. The SMILES string of the molecule is C[C@@H]1CNC[C@H]1c1cc(-c2ccncc2)n[nH]1. The van der Waals surface area contributed by atoms with Crippen LogP contribution < -0.4 is 5.32 Å². The van der Waals surface area contributed by atoms with E-state index >= 15 is 0 Å². The van der Waals surface area contributed by atoms with Crippen LogP contribution in [0.1, 0.15) is 18.5 Å². The topological polar surface area (TPSA) is 53.6 Å². The highest BCUT2D eigenvalue weighted by Crippen LogP contribution is 2.28. The molecule has 17 heavy (non-hydrogen) atoms. The summed E-state index contributed by atoms with van der Waals surface area (Å²) < 4.78 is 0. The molecule has 0 saturated carbocycles. The Labute approximate surface area is 100 Å². The van der Waals surface area contributed by atoms with Crippen molar-refractivity contribution in [3.05, 3.63) is 36.3 Å².